The van der Waals surface area contributed by atoms with Crippen LogP contribution in [-0.4, -0.2) is 19.9 Å². The Morgan fingerprint density at radius 3 is 2.60 bits per heavy atom. The molecular weight excluding hydrogens is 274 g/mol. The summed E-state index contributed by atoms with van der Waals surface area (Å²) >= 11 is 0. The van der Waals surface area contributed by atoms with Gasteiger partial charge in [0.05, 0.1) is 22.7 Å². The molecule has 6 heteroatoms. The van der Waals surface area contributed by atoms with Crippen LogP contribution >= 0.6 is 0 Å². The molecule has 2 rings (SSSR count). The Bertz CT molecular complexity index is 556. The number of nitrogens with zero attached hydrogens (tertiary/aromatic N) is 2. The minimum atomic E-state index is -0.886. The highest BCUT2D eigenvalue weighted by Crippen LogP contribution is 2.33. The lowest BCUT2D eigenvalue weighted by atomic mass is 10.1. The third kappa shape index (κ3) is 3.11. The Labute approximate surface area is 122 Å². The molecule has 1 unspecified atom stereocenters. The van der Waals surface area contributed by atoms with Crippen LogP contribution in [0.3, 0.4) is 0 Å². The van der Waals surface area contributed by atoms with Crippen molar-refractivity contribution in [2.75, 3.05) is 5.32 Å². The molecule has 0 aliphatic carbocycles. The number of nitrogens with one attached hydrogen (secondary N) is 1. The molecule has 0 bridgehead atoms. The summed E-state index contributed by atoms with van der Waals surface area (Å²) in [6, 6.07) is 0. The van der Waals surface area contributed by atoms with Gasteiger partial charge in [-0.05, 0) is 26.7 Å². The number of hydrogen-bond acceptors (Lipinski definition) is 3. The molecule has 1 aromatic heterocycles. The van der Waals surface area contributed by atoms with Crippen molar-refractivity contribution in [3.8, 4) is 0 Å². The first kappa shape index (κ1) is 15.2. The van der Waals surface area contributed by atoms with E-state index in [-0.39, 0.29) is 11.4 Å². The van der Waals surface area contributed by atoms with Gasteiger partial charge in [-0.25, -0.2) is 4.68 Å². The first-order chi connectivity index (χ1) is 9.18. The molecule has 1 N–H and O–H groups in total. The van der Waals surface area contributed by atoms with Gasteiger partial charge in [-0.1, -0.05) is 13.8 Å². The fourth-order valence-corrected chi connectivity index (χ4v) is 3.56. The Morgan fingerprint density at radius 1 is 1.40 bits per heavy atom. The zero-order chi connectivity index (χ0) is 15.1. The second kappa shape index (κ2) is 5.31. The maximum Gasteiger partial charge on any atom is 0.225 e. The second-order valence-electron chi connectivity index (χ2n) is 6.73. The molecule has 0 saturated carbocycles. The molecule has 1 aliphatic heterocycles. The van der Waals surface area contributed by atoms with E-state index in [1.807, 2.05) is 39.3 Å². The molecule has 0 fully saturated rings. The molecule has 0 radical (unpaired) electrons. The van der Waals surface area contributed by atoms with Gasteiger partial charge >= 0.3 is 0 Å². The Balaban J connectivity index is 2.35. The van der Waals surface area contributed by atoms with Crippen molar-refractivity contribution in [2.24, 2.45) is 5.92 Å². The van der Waals surface area contributed by atoms with E-state index >= 15 is 0 Å². The third-order valence-electron chi connectivity index (χ3n) is 3.16. The molecule has 5 nitrogen and oxygen atoms in total. The van der Waals surface area contributed by atoms with Crippen LogP contribution in [0.1, 0.15) is 52.3 Å². The van der Waals surface area contributed by atoms with Crippen molar-refractivity contribution < 1.29 is 9.00 Å². The zero-order valence-corrected chi connectivity index (χ0v) is 13.6. The molecule has 1 atom stereocenters. The van der Waals surface area contributed by atoms with Crippen molar-refractivity contribution in [1.82, 2.24) is 9.78 Å². The van der Waals surface area contributed by atoms with Gasteiger partial charge < -0.3 is 5.32 Å². The van der Waals surface area contributed by atoms with Crippen LogP contribution in [0.15, 0.2) is 0 Å². The fourth-order valence-electron chi connectivity index (χ4n) is 2.30. The van der Waals surface area contributed by atoms with Crippen LogP contribution in [0.25, 0.3) is 0 Å². The van der Waals surface area contributed by atoms with Crippen LogP contribution in [0.4, 0.5) is 5.82 Å². The highest BCUT2D eigenvalue weighted by molar-refractivity contribution is 7.83. The van der Waals surface area contributed by atoms with Gasteiger partial charge in [-0.15, -0.1) is 0 Å². The molecule has 0 saturated heterocycles. The Kier molecular flexibility index (Phi) is 4.04. The monoisotopic (exact) mass is 297 g/mol. The van der Waals surface area contributed by atoms with Crippen molar-refractivity contribution in [2.45, 2.75) is 58.1 Å². The lowest BCUT2D eigenvalue weighted by Gasteiger charge is -2.23. The summed E-state index contributed by atoms with van der Waals surface area (Å²) in [5, 5.41) is 7.53. The van der Waals surface area contributed by atoms with Gasteiger partial charge in [0.1, 0.15) is 5.82 Å². The highest BCUT2D eigenvalue weighted by atomic mass is 32.2. The SMILES string of the molecule is CC(C)CC(=O)Nc1c2c(nn1C(C)(C)C)CS(=O)C2. The summed E-state index contributed by atoms with van der Waals surface area (Å²) in [5.41, 5.74) is 1.58. The van der Waals surface area contributed by atoms with Crippen LogP contribution < -0.4 is 5.32 Å². The maximum absolute atomic E-state index is 12.1. The maximum atomic E-state index is 12.1. The van der Waals surface area contributed by atoms with E-state index in [2.05, 4.69) is 10.4 Å². The summed E-state index contributed by atoms with van der Waals surface area (Å²) in [7, 11) is -0.886. The third-order valence-corrected chi connectivity index (χ3v) is 4.36. The Morgan fingerprint density at radius 2 is 2.05 bits per heavy atom. The summed E-state index contributed by atoms with van der Waals surface area (Å²) in [5.74, 6) is 2.01. The van der Waals surface area contributed by atoms with Gasteiger partial charge in [0.25, 0.3) is 0 Å². The first-order valence-electron chi connectivity index (χ1n) is 6.94. The molecule has 1 aliphatic rings. The number of fused-ring (bicyclic) bond motifs is 1. The summed E-state index contributed by atoms with van der Waals surface area (Å²) in [4.78, 5) is 12.1. The van der Waals surface area contributed by atoms with E-state index in [0.29, 0.717) is 23.8 Å². The number of carbonyl (C=O) groups excluding carboxylic acids is 1. The standard InChI is InChI=1S/C14H23N3O2S/c1-9(2)6-12(18)15-13-10-7-20(19)8-11(10)16-17(13)14(3,4)5/h9H,6-8H2,1-5H3,(H,15,18). The second-order valence-corrected chi connectivity index (χ2v) is 8.19. The quantitative estimate of drug-likeness (QED) is 0.931. The normalized spacial score (nSPS) is 18.4. The number of amides is 1. The smallest absolute Gasteiger partial charge is 0.225 e. The molecule has 1 amide bonds. The number of aromatic nitrogens is 2. The van der Waals surface area contributed by atoms with E-state index in [9.17, 15) is 9.00 Å². The predicted octanol–water partition coefficient (Wildman–Crippen LogP) is 2.39. The minimum Gasteiger partial charge on any atom is -0.311 e. The van der Waals surface area contributed by atoms with Crippen LogP contribution in [0.5, 0.6) is 0 Å². The summed E-state index contributed by atoms with van der Waals surface area (Å²) < 4.78 is 13.5. The first-order valence-corrected chi connectivity index (χ1v) is 8.43. The van der Waals surface area contributed by atoms with Crippen LogP contribution in [-0.2, 0) is 32.6 Å². The van der Waals surface area contributed by atoms with E-state index in [4.69, 9.17) is 0 Å². The van der Waals surface area contributed by atoms with E-state index in [0.717, 1.165) is 17.1 Å². The lowest BCUT2D eigenvalue weighted by molar-refractivity contribution is -0.116. The number of carbonyl (C=O) groups is 1. The minimum absolute atomic E-state index is 0.00844. The number of hydrogen-bond donors (Lipinski definition) is 1. The topological polar surface area (TPSA) is 64.0 Å². The van der Waals surface area contributed by atoms with Crippen LogP contribution in [0, 0.1) is 5.92 Å². The van der Waals surface area contributed by atoms with Gasteiger partial charge in [0.2, 0.25) is 5.91 Å². The van der Waals surface area contributed by atoms with Gasteiger partial charge in [-0.3, -0.25) is 9.00 Å². The van der Waals surface area contributed by atoms with Crippen molar-refractivity contribution in [3.05, 3.63) is 11.3 Å². The molecule has 20 heavy (non-hydrogen) atoms. The van der Waals surface area contributed by atoms with Gasteiger partial charge in [0.15, 0.2) is 0 Å². The predicted molar refractivity (Wildman–Crippen MR) is 80.9 cm³/mol. The summed E-state index contributed by atoms with van der Waals surface area (Å²) in [6.45, 7) is 10.2. The summed E-state index contributed by atoms with van der Waals surface area (Å²) in [6.07, 6.45) is 0.479. The van der Waals surface area contributed by atoms with Gasteiger partial charge in [0, 0.05) is 22.8 Å². The average Bonchev–Trinajstić information content (AvgIpc) is 2.74. The van der Waals surface area contributed by atoms with Gasteiger partial charge in [-0.2, -0.15) is 5.10 Å². The molecule has 0 aromatic carbocycles. The van der Waals surface area contributed by atoms with E-state index < -0.39 is 10.8 Å². The molecule has 0 spiro atoms. The molecular formula is C14H23N3O2S. The number of anilines is 1. The van der Waals surface area contributed by atoms with E-state index in [1.165, 1.54) is 0 Å². The largest absolute Gasteiger partial charge is 0.311 e. The average molecular weight is 297 g/mol. The Hall–Kier alpha value is -1.17. The zero-order valence-electron chi connectivity index (χ0n) is 12.8. The number of rotatable bonds is 3. The fraction of sp³-hybridized carbons (Fsp3) is 0.714. The van der Waals surface area contributed by atoms with Crippen LogP contribution in [0.2, 0.25) is 0 Å². The lowest BCUT2D eigenvalue weighted by Crippen LogP contribution is -2.27. The molecule has 112 valence electrons. The van der Waals surface area contributed by atoms with Crippen molar-refractivity contribution in [3.63, 3.8) is 0 Å². The molecule has 2 heterocycles. The van der Waals surface area contributed by atoms with Crippen molar-refractivity contribution in [1.29, 1.82) is 0 Å². The molecule has 1 aromatic rings. The van der Waals surface area contributed by atoms with E-state index in [1.54, 1.807) is 0 Å². The van der Waals surface area contributed by atoms with Crippen molar-refractivity contribution >= 4 is 22.5 Å². The highest BCUT2D eigenvalue weighted by Gasteiger charge is 2.31.